The molecule has 0 amide bonds. The van der Waals surface area contributed by atoms with Gasteiger partial charge in [-0.2, -0.15) is 0 Å². The van der Waals surface area contributed by atoms with Crippen LogP contribution in [0.4, 0.5) is 5.13 Å². The van der Waals surface area contributed by atoms with Crippen molar-refractivity contribution in [2.75, 3.05) is 11.3 Å². The molecule has 0 aromatic carbocycles. The van der Waals surface area contributed by atoms with Gasteiger partial charge in [-0.1, -0.05) is 25.2 Å². The molecule has 1 unspecified atom stereocenters. The molecule has 0 bridgehead atoms. The molecule has 0 fully saturated rings. The van der Waals surface area contributed by atoms with Gasteiger partial charge in [0.15, 0.2) is 0 Å². The topological polar surface area (TPSA) is 92.2 Å². The number of aliphatic hydroxyl groups excluding tert-OH is 1. The van der Waals surface area contributed by atoms with Gasteiger partial charge in [-0.25, -0.2) is 8.42 Å². The minimum Gasteiger partial charge on any atom is -0.395 e. The van der Waals surface area contributed by atoms with Crippen LogP contribution in [0.1, 0.15) is 25.8 Å². The van der Waals surface area contributed by atoms with E-state index in [1.807, 2.05) is 0 Å². The first kappa shape index (κ1) is 14.3. The highest BCUT2D eigenvalue weighted by molar-refractivity contribution is 7.93. The zero-order valence-electron chi connectivity index (χ0n) is 10.0. The molecule has 1 heterocycles. The number of hydrogen-bond donors (Lipinski definition) is 2. The highest BCUT2D eigenvalue weighted by atomic mass is 32.2. The van der Waals surface area contributed by atoms with Crippen LogP contribution in [-0.4, -0.2) is 35.6 Å². The Kier molecular flexibility index (Phi) is 4.84. The van der Waals surface area contributed by atoms with Crippen molar-refractivity contribution in [2.24, 2.45) is 5.92 Å². The summed E-state index contributed by atoms with van der Waals surface area (Å²) in [5.74, 6) is 0.448. The molecule has 0 aliphatic carbocycles. The Morgan fingerprint density at radius 1 is 1.35 bits per heavy atom. The average Bonchev–Trinajstić information content (AvgIpc) is 2.62. The van der Waals surface area contributed by atoms with Gasteiger partial charge < -0.3 is 5.11 Å². The van der Waals surface area contributed by atoms with E-state index in [0.717, 1.165) is 11.4 Å². The van der Waals surface area contributed by atoms with Crippen LogP contribution in [0.25, 0.3) is 0 Å². The van der Waals surface area contributed by atoms with Crippen molar-refractivity contribution in [2.45, 2.75) is 32.4 Å². The van der Waals surface area contributed by atoms with E-state index in [-0.39, 0.29) is 5.13 Å². The summed E-state index contributed by atoms with van der Waals surface area (Å²) in [5.41, 5.74) is 0. The minimum absolute atomic E-state index is 0.251. The number of aromatic nitrogens is 2. The molecule has 0 radical (unpaired) electrons. The van der Waals surface area contributed by atoms with Crippen LogP contribution in [-0.2, 0) is 16.4 Å². The third kappa shape index (κ3) is 4.21. The van der Waals surface area contributed by atoms with E-state index < -0.39 is 21.9 Å². The van der Waals surface area contributed by atoms with Gasteiger partial charge in [-0.3, -0.25) is 4.72 Å². The van der Waals surface area contributed by atoms with Gasteiger partial charge in [0.25, 0.3) is 0 Å². The first-order valence-corrected chi connectivity index (χ1v) is 7.66. The third-order valence-electron chi connectivity index (χ3n) is 2.07. The van der Waals surface area contributed by atoms with Crippen LogP contribution in [0, 0.1) is 5.92 Å². The summed E-state index contributed by atoms with van der Waals surface area (Å²) < 4.78 is 25.6. The number of aliphatic hydroxyl groups is 1. The second-order valence-electron chi connectivity index (χ2n) is 4.24. The molecule has 1 rings (SSSR count). The molecule has 1 aromatic heterocycles. The number of sulfonamides is 1. The van der Waals surface area contributed by atoms with E-state index in [2.05, 4.69) is 28.8 Å². The Labute approximate surface area is 105 Å². The van der Waals surface area contributed by atoms with Crippen LogP contribution in [0.2, 0.25) is 0 Å². The fraction of sp³-hybridized carbons (Fsp3) is 0.778. The van der Waals surface area contributed by atoms with E-state index >= 15 is 0 Å². The fourth-order valence-electron chi connectivity index (χ4n) is 1.05. The van der Waals surface area contributed by atoms with Crippen molar-refractivity contribution in [3.05, 3.63) is 5.01 Å². The molecule has 0 spiro atoms. The largest absolute Gasteiger partial charge is 0.395 e. The molecule has 1 aromatic rings. The van der Waals surface area contributed by atoms with Crippen molar-refractivity contribution >= 4 is 26.5 Å². The number of nitrogens with zero attached hydrogens (tertiary/aromatic N) is 2. The summed E-state index contributed by atoms with van der Waals surface area (Å²) >= 11 is 1.22. The maximum absolute atomic E-state index is 11.6. The summed E-state index contributed by atoms with van der Waals surface area (Å²) in [7, 11) is -3.57. The summed E-state index contributed by atoms with van der Waals surface area (Å²) in [6, 6.07) is 0. The molecule has 0 saturated carbocycles. The van der Waals surface area contributed by atoms with Crippen LogP contribution >= 0.6 is 11.3 Å². The molecular weight excluding hydrogens is 262 g/mol. The average molecular weight is 279 g/mol. The standard InChI is InChI=1S/C9H17N3O3S2/c1-6(2)4-8-10-11-9(16-8)12-17(14,15)7(3)5-13/h6-7,13H,4-5H2,1-3H3,(H,11,12). The fourth-order valence-corrected chi connectivity index (χ4v) is 3.05. The zero-order valence-corrected chi connectivity index (χ0v) is 11.7. The van der Waals surface area contributed by atoms with Gasteiger partial charge in [-0.05, 0) is 12.8 Å². The van der Waals surface area contributed by atoms with Crippen molar-refractivity contribution in [3.8, 4) is 0 Å². The predicted octanol–water partition coefficient (Wildman–Crippen LogP) is 0.859. The van der Waals surface area contributed by atoms with Crippen LogP contribution in [0.15, 0.2) is 0 Å². The van der Waals surface area contributed by atoms with Gasteiger partial charge >= 0.3 is 0 Å². The van der Waals surface area contributed by atoms with E-state index in [1.54, 1.807) is 0 Å². The zero-order chi connectivity index (χ0) is 13.1. The van der Waals surface area contributed by atoms with E-state index in [1.165, 1.54) is 18.3 Å². The molecule has 1 atom stereocenters. The Hall–Kier alpha value is -0.730. The van der Waals surface area contributed by atoms with Crippen molar-refractivity contribution in [3.63, 3.8) is 0 Å². The Bertz CT molecular complexity index is 456. The number of hydrogen-bond acceptors (Lipinski definition) is 6. The third-order valence-corrected chi connectivity index (χ3v) is 4.74. The molecule has 6 nitrogen and oxygen atoms in total. The van der Waals surface area contributed by atoms with Crippen molar-refractivity contribution in [1.29, 1.82) is 0 Å². The second kappa shape index (κ2) is 5.74. The van der Waals surface area contributed by atoms with Crippen LogP contribution in [0.5, 0.6) is 0 Å². The first-order valence-electron chi connectivity index (χ1n) is 5.30. The Morgan fingerprint density at radius 3 is 2.53 bits per heavy atom. The highest BCUT2D eigenvalue weighted by Gasteiger charge is 2.21. The SMILES string of the molecule is CC(C)Cc1nnc(NS(=O)(=O)C(C)CO)s1. The maximum atomic E-state index is 11.6. The van der Waals surface area contributed by atoms with Gasteiger partial charge in [0.05, 0.1) is 6.61 Å². The van der Waals surface area contributed by atoms with Gasteiger partial charge in [0, 0.05) is 6.42 Å². The van der Waals surface area contributed by atoms with Crippen LogP contribution < -0.4 is 4.72 Å². The summed E-state index contributed by atoms with van der Waals surface area (Å²) in [4.78, 5) is 0. The molecule has 8 heteroatoms. The number of nitrogens with one attached hydrogen (secondary N) is 1. The number of rotatable bonds is 6. The minimum atomic E-state index is -3.57. The van der Waals surface area contributed by atoms with Crippen LogP contribution in [0.3, 0.4) is 0 Å². The smallest absolute Gasteiger partial charge is 0.239 e. The number of anilines is 1. The van der Waals surface area contributed by atoms with Gasteiger partial charge in [0.2, 0.25) is 15.2 Å². The normalized spacial score (nSPS) is 13.9. The van der Waals surface area contributed by atoms with Gasteiger partial charge in [0.1, 0.15) is 10.3 Å². The summed E-state index contributed by atoms with van der Waals surface area (Å²) in [6.45, 7) is 5.11. The maximum Gasteiger partial charge on any atom is 0.239 e. The Balaban J connectivity index is 2.73. The molecular formula is C9H17N3O3S2. The van der Waals surface area contributed by atoms with Crippen molar-refractivity contribution < 1.29 is 13.5 Å². The monoisotopic (exact) mass is 279 g/mol. The molecule has 98 valence electrons. The molecule has 0 aliphatic rings. The summed E-state index contributed by atoms with van der Waals surface area (Å²) in [5, 5.41) is 16.7. The molecule has 17 heavy (non-hydrogen) atoms. The molecule has 0 aliphatic heterocycles. The summed E-state index contributed by atoms with van der Waals surface area (Å²) in [6.07, 6.45) is 0.773. The van der Waals surface area contributed by atoms with Crippen molar-refractivity contribution in [1.82, 2.24) is 10.2 Å². The first-order chi connectivity index (χ1) is 7.85. The molecule has 2 N–H and O–H groups in total. The highest BCUT2D eigenvalue weighted by Crippen LogP contribution is 2.20. The predicted molar refractivity (Wildman–Crippen MR) is 67.5 cm³/mol. The second-order valence-corrected chi connectivity index (χ2v) is 7.40. The quantitative estimate of drug-likeness (QED) is 0.805. The van der Waals surface area contributed by atoms with E-state index in [9.17, 15) is 8.42 Å². The lowest BCUT2D eigenvalue weighted by Gasteiger charge is -2.09. The lowest BCUT2D eigenvalue weighted by Crippen LogP contribution is -2.28. The molecule has 0 saturated heterocycles. The Morgan fingerprint density at radius 2 is 2.00 bits per heavy atom. The van der Waals surface area contributed by atoms with Gasteiger partial charge in [-0.15, -0.1) is 10.2 Å². The lowest BCUT2D eigenvalue weighted by atomic mass is 10.1. The van der Waals surface area contributed by atoms with E-state index in [4.69, 9.17) is 5.11 Å². The van der Waals surface area contributed by atoms with E-state index in [0.29, 0.717) is 5.92 Å². The lowest BCUT2D eigenvalue weighted by molar-refractivity contribution is 0.296.